The van der Waals surface area contributed by atoms with Gasteiger partial charge < -0.3 is 9.52 Å². The molecule has 0 fully saturated rings. The lowest BCUT2D eigenvalue weighted by Gasteiger charge is -1.98. The standard InChI is InChI=1S/C16H12ClN3O3/c17-12-3-1-2-10(5-12)4-11-6-15(23-8-11)13(21)7-14(22)16-18-9-19-20-16/h1-3,5-9,22H,4H2,(H,18,19,20). The lowest BCUT2D eigenvalue weighted by Crippen LogP contribution is -1.96. The van der Waals surface area contributed by atoms with Crippen molar-refractivity contribution in [3.8, 4) is 0 Å². The van der Waals surface area contributed by atoms with Crippen molar-refractivity contribution in [1.82, 2.24) is 15.2 Å². The van der Waals surface area contributed by atoms with E-state index in [-0.39, 0.29) is 17.3 Å². The Kier molecular flexibility index (Phi) is 4.25. The zero-order valence-corrected chi connectivity index (χ0v) is 12.6. The summed E-state index contributed by atoms with van der Waals surface area (Å²) in [5.74, 6) is -0.520. The molecule has 3 aromatic rings. The van der Waals surface area contributed by atoms with Crippen molar-refractivity contribution in [2.45, 2.75) is 6.42 Å². The minimum Gasteiger partial charge on any atom is -0.504 e. The summed E-state index contributed by atoms with van der Waals surface area (Å²) >= 11 is 5.95. The molecule has 23 heavy (non-hydrogen) atoms. The first-order chi connectivity index (χ1) is 11.1. The van der Waals surface area contributed by atoms with Gasteiger partial charge in [-0.2, -0.15) is 5.10 Å². The molecule has 6 nitrogen and oxygen atoms in total. The summed E-state index contributed by atoms with van der Waals surface area (Å²) in [6, 6.07) is 9.09. The predicted molar refractivity (Wildman–Crippen MR) is 84.3 cm³/mol. The third-order valence-corrected chi connectivity index (χ3v) is 3.35. The Morgan fingerprint density at radius 1 is 1.35 bits per heavy atom. The van der Waals surface area contributed by atoms with Gasteiger partial charge in [-0.1, -0.05) is 23.7 Å². The number of aromatic nitrogens is 3. The Morgan fingerprint density at radius 3 is 2.96 bits per heavy atom. The van der Waals surface area contributed by atoms with Gasteiger partial charge in [-0.3, -0.25) is 9.89 Å². The van der Waals surface area contributed by atoms with Crippen molar-refractivity contribution in [1.29, 1.82) is 0 Å². The molecule has 0 unspecified atom stereocenters. The predicted octanol–water partition coefficient (Wildman–Crippen LogP) is 3.42. The molecular formula is C16H12ClN3O3. The highest BCUT2D eigenvalue weighted by atomic mass is 35.5. The van der Waals surface area contributed by atoms with Crippen LogP contribution in [-0.4, -0.2) is 26.1 Å². The monoisotopic (exact) mass is 329 g/mol. The maximum Gasteiger partial charge on any atom is 0.224 e. The van der Waals surface area contributed by atoms with E-state index in [2.05, 4.69) is 15.2 Å². The molecule has 0 saturated heterocycles. The number of furan rings is 1. The van der Waals surface area contributed by atoms with Gasteiger partial charge in [-0.05, 0) is 29.3 Å². The number of aliphatic hydroxyl groups excluding tert-OH is 1. The van der Waals surface area contributed by atoms with Crippen molar-refractivity contribution < 1.29 is 14.3 Å². The van der Waals surface area contributed by atoms with Crippen LogP contribution in [0.25, 0.3) is 5.76 Å². The van der Waals surface area contributed by atoms with E-state index in [0.29, 0.717) is 11.4 Å². The summed E-state index contributed by atoms with van der Waals surface area (Å²) in [5.41, 5.74) is 1.85. The SMILES string of the molecule is O=C(C=C(O)c1ncn[nH]1)c1cc(Cc2cccc(Cl)c2)co1. The number of nitrogens with zero attached hydrogens (tertiary/aromatic N) is 2. The number of allylic oxidation sites excluding steroid dienone is 1. The number of nitrogens with one attached hydrogen (secondary N) is 1. The second-order valence-corrected chi connectivity index (χ2v) is 5.29. The number of ketones is 1. The van der Waals surface area contributed by atoms with Crippen molar-refractivity contribution >= 4 is 23.1 Å². The Hall–Kier alpha value is -2.86. The quantitative estimate of drug-likeness (QED) is 0.425. The first-order valence-electron chi connectivity index (χ1n) is 6.74. The molecule has 2 heterocycles. The molecule has 0 bridgehead atoms. The van der Waals surface area contributed by atoms with E-state index in [0.717, 1.165) is 17.2 Å². The van der Waals surface area contributed by atoms with Gasteiger partial charge in [0.2, 0.25) is 5.78 Å². The van der Waals surface area contributed by atoms with Crippen LogP contribution in [0.3, 0.4) is 0 Å². The van der Waals surface area contributed by atoms with Crippen molar-refractivity contribution in [2.75, 3.05) is 0 Å². The van der Waals surface area contributed by atoms with E-state index >= 15 is 0 Å². The Bertz CT molecular complexity index is 853. The molecule has 1 aromatic carbocycles. The van der Waals surface area contributed by atoms with E-state index in [1.54, 1.807) is 12.1 Å². The van der Waals surface area contributed by atoms with Gasteiger partial charge in [0.15, 0.2) is 17.3 Å². The van der Waals surface area contributed by atoms with Crippen molar-refractivity contribution in [2.24, 2.45) is 0 Å². The van der Waals surface area contributed by atoms with Gasteiger partial charge >= 0.3 is 0 Å². The van der Waals surface area contributed by atoms with Crippen molar-refractivity contribution in [3.63, 3.8) is 0 Å². The minimum atomic E-state index is -0.462. The first kappa shape index (κ1) is 15.1. The maximum absolute atomic E-state index is 12.1. The number of aliphatic hydroxyl groups is 1. The van der Waals surface area contributed by atoms with E-state index in [1.165, 1.54) is 12.6 Å². The van der Waals surface area contributed by atoms with E-state index in [1.807, 2.05) is 18.2 Å². The highest BCUT2D eigenvalue weighted by Crippen LogP contribution is 2.18. The maximum atomic E-state index is 12.1. The summed E-state index contributed by atoms with van der Waals surface area (Å²) < 4.78 is 5.26. The lowest BCUT2D eigenvalue weighted by atomic mass is 10.1. The van der Waals surface area contributed by atoms with Crippen LogP contribution in [0.2, 0.25) is 5.02 Å². The summed E-state index contributed by atoms with van der Waals surface area (Å²) in [5, 5.41) is 16.5. The zero-order valence-electron chi connectivity index (χ0n) is 11.9. The molecule has 0 aliphatic carbocycles. The number of hydrogen-bond acceptors (Lipinski definition) is 5. The number of benzene rings is 1. The van der Waals surface area contributed by atoms with Crippen LogP contribution in [0.15, 0.2) is 53.4 Å². The van der Waals surface area contributed by atoms with E-state index in [9.17, 15) is 9.90 Å². The van der Waals surface area contributed by atoms with Crippen LogP contribution in [-0.2, 0) is 6.42 Å². The Balaban J connectivity index is 1.74. The number of H-pyrrole nitrogens is 1. The first-order valence-corrected chi connectivity index (χ1v) is 7.12. The molecule has 0 spiro atoms. The summed E-state index contributed by atoms with van der Waals surface area (Å²) in [4.78, 5) is 15.8. The average Bonchev–Trinajstić information content (AvgIpc) is 3.18. The number of carbonyl (C=O) groups excluding carboxylic acids is 1. The molecule has 2 N–H and O–H groups in total. The van der Waals surface area contributed by atoms with Crippen LogP contribution in [0, 0.1) is 0 Å². The third kappa shape index (κ3) is 3.67. The largest absolute Gasteiger partial charge is 0.504 e. The third-order valence-electron chi connectivity index (χ3n) is 3.12. The van der Waals surface area contributed by atoms with Gasteiger partial charge in [-0.25, -0.2) is 4.98 Å². The number of rotatable bonds is 5. The molecule has 0 atom stereocenters. The lowest BCUT2D eigenvalue weighted by molar-refractivity contribution is 0.102. The topological polar surface area (TPSA) is 92.0 Å². The summed E-state index contributed by atoms with van der Waals surface area (Å²) in [6.45, 7) is 0. The van der Waals surface area contributed by atoms with Crippen LogP contribution in [0.1, 0.15) is 27.5 Å². The molecule has 3 rings (SSSR count). The van der Waals surface area contributed by atoms with Gasteiger partial charge in [0.05, 0.1) is 6.26 Å². The second kappa shape index (κ2) is 6.50. The van der Waals surface area contributed by atoms with Crippen LogP contribution in [0.5, 0.6) is 0 Å². The van der Waals surface area contributed by atoms with E-state index in [4.69, 9.17) is 16.0 Å². The Labute approximate surface area is 136 Å². The fourth-order valence-electron chi connectivity index (χ4n) is 2.07. The molecule has 0 saturated carbocycles. The highest BCUT2D eigenvalue weighted by molar-refractivity contribution is 6.30. The van der Waals surface area contributed by atoms with E-state index < -0.39 is 5.78 Å². The molecule has 7 heteroatoms. The molecule has 2 aromatic heterocycles. The number of carbonyl (C=O) groups is 1. The number of halogens is 1. The fraction of sp³-hybridized carbons (Fsp3) is 0.0625. The normalized spacial score (nSPS) is 11.6. The van der Waals surface area contributed by atoms with Crippen LogP contribution in [0.4, 0.5) is 0 Å². The van der Waals surface area contributed by atoms with Gasteiger partial charge in [0.25, 0.3) is 0 Å². The molecule has 0 aliphatic heterocycles. The van der Waals surface area contributed by atoms with Crippen LogP contribution >= 0.6 is 11.6 Å². The minimum absolute atomic E-state index is 0.115. The van der Waals surface area contributed by atoms with Crippen LogP contribution < -0.4 is 0 Å². The molecular weight excluding hydrogens is 318 g/mol. The van der Waals surface area contributed by atoms with Gasteiger partial charge in [0.1, 0.15) is 6.33 Å². The molecule has 0 radical (unpaired) electrons. The Morgan fingerprint density at radius 2 is 2.22 bits per heavy atom. The number of hydrogen-bond donors (Lipinski definition) is 2. The van der Waals surface area contributed by atoms with Gasteiger partial charge in [-0.15, -0.1) is 0 Å². The summed E-state index contributed by atoms with van der Waals surface area (Å²) in [7, 11) is 0. The average molecular weight is 330 g/mol. The smallest absolute Gasteiger partial charge is 0.224 e. The second-order valence-electron chi connectivity index (χ2n) is 4.85. The van der Waals surface area contributed by atoms with Crippen molar-refractivity contribution in [3.05, 3.63) is 76.7 Å². The highest BCUT2D eigenvalue weighted by Gasteiger charge is 2.12. The molecule has 116 valence electrons. The fourth-order valence-corrected chi connectivity index (χ4v) is 2.29. The zero-order chi connectivity index (χ0) is 16.2. The summed E-state index contributed by atoms with van der Waals surface area (Å²) in [6.07, 6.45) is 4.37. The molecule has 0 amide bonds. The van der Waals surface area contributed by atoms with Gasteiger partial charge in [0, 0.05) is 17.5 Å². The number of aromatic amines is 1. The molecule has 0 aliphatic rings.